The minimum Gasteiger partial charge on any atom is -0.319 e. The fourth-order valence-corrected chi connectivity index (χ4v) is 3.79. The van der Waals surface area contributed by atoms with Crippen molar-refractivity contribution in [1.82, 2.24) is 10.2 Å². The molecule has 1 aromatic carbocycles. The molecule has 21 heavy (non-hydrogen) atoms. The molecule has 1 N–H and O–H groups in total. The summed E-state index contributed by atoms with van der Waals surface area (Å²) >= 11 is 0. The molecule has 1 saturated carbocycles. The van der Waals surface area contributed by atoms with Crippen molar-refractivity contribution in [3.05, 3.63) is 35.4 Å². The Balaban J connectivity index is 1.87. The summed E-state index contributed by atoms with van der Waals surface area (Å²) in [6, 6.07) is 8.88. The van der Waals surface area contributed by atoms with Crippen LogP contribution in [0.25, 0.3) is 0 Å². The van der Waals surface area contributed by atoms with Gasteiger partial charge in [-0.2, -0.15) is 0 Å². The normalized spacial score (nSPS) is 33.5. The van der Waals surface area contributed by atoms with Crippen LogP contribution in [0, 0.1) is 12.8 Å². The van der Waals surface area contributed by atoms with Crippen LogP contribution in [-0.4, -0.2) is 22.9 Å². The smallest absolute Gasteiger partial charge is 0.241 e. The van der Waals surface area contributed by atoms with Gasteiger partial charge in [0.2, 0.25) is 5.91 Å². The standard InChI is InChI=1S/C18H26N2O/c1-12-7-9-15(10-8-12)17-19-14(3)18(21)20(17)16-6-4-5-13(2)11-16/h7-10,13-14,16-17,19H,4-6,11H2,1-3H3. The van der Waals surface area contributed by atoms with Gasteiger partial charge in [-0.1, -0.05) is 49.6 Å². The molecule has 3 nitrogen and oxygen atoms in total. The first-order valence-electron chi connectivity index (χ1n) is 8.21. The van der Waals surface area contributed by atoms with Crippen LogP contribution < -0.4 is 5.32 Å². The molecule has 1 saturated heterocycles. The van der Waals surface area contributed by atoms with Gasteiger partial charge in [0.15, 0.2) is 0 Å². The van der Waals surface area contributed by atoms with Gasteiger partial charge in [-0.3, -0.25) is 10.1 Å². The third-order valence-electron chi connectivity index (χ3n) is 5.01. The lowest BCUT2D eigenvalue weighted by molar-refractivity contribution is -0.133. The molecule has 3 rings (SSSR count). The largest absolute Gasteiger partial charge is 0.319 e. The topological polar surface area (TPSA) is 32.3 Å². The zero-order valence-electron chi connectivity index (χ0n) is 13.3. The van der Waals surface area contributed by atoms with Crippen LogP contribution in [-0.2, 0) is 4.79 Å². The first-order valence-corrected chi connectivity index (χ1v) is 8.21. The molecule has 1 amide bonds. The van der Waals surface area contributed by atoms with Crippen LogP contribution >= 0.6 is 0 Å². The second kappa shape index (κ2) is 5.80. The van der Waals surface area contributed by atoms with E-state index in [1.54, 1.807) is 0 Å². The number of carbonyl (C=O) groups excluding carboxylic acids is 1. The van der Waals surface area contributed by atoms with Crippen molar-refractivity contribution >= 4 is 5.91 Å². The average molecular weight is 286 g/mol. The van der Waals surface area contributed by atoms with Gasteiger partial charge >= 0.3 is 0 Å². The van der Waals surface area contributed by atoms with Crippen LogP contribution in [0.3, 0.4) is 0 Å². The highest BCUT2D eigenvalue weighted by molar-refractivity contribution is 5.84. The minimum absolute atomic E-state index is 0.0448. The van der Waals surface area contributed by atoms with Gasteiger partial charge in [-0.15, -0.1) is 0 Å². The van der Waals surface area contributed by atoms with Gasteiger partial charge in [-0.05, 0) is 38.2 Å². The summed E-state index contributed by atoms with van der Waals surface area (Å²) in [6.45, 7) is 6.39. The van der Waals surface area contributed by atoms with Crippen LogP contribution in [0.5, 0.6) is 0 Å². The number of amides is 1. The SMILES string of the molecule is Cc1ccc(C2NC(C)C(=O)N2C2CCCC(C)C2)cc1. The highest BCUT2D eigenvalue weighted by Crippen LogP contribution is 2.35. The van der Waals surface area contributed by atoms with E-state index in [1.165, 1.54) is 24.0 Å². The van der Waals surface area contributed by atoms with E-state index in [9.17, 15) is 4.79 Å². The van der Waals surface area contributed by atoms with E-state index < -0.39 is 0 Å². The van der Waals surface area contributed by atoms with Crippen molar-refractivity contribution in [1.29, 1.82) is 0 Å². The molecule has 2 aliphatic rings. The highest BCUT2D eigenvalue weighted by Gasteiger charge is 2.41. The summed E-state index contributed by atoms with van der Waals surface area (Å²) in [4.78, 5) is 14.8. The number of hydrogen-bond donors (Lipinski definition) is 1. The lowest BCUT2D eigenvalue weighted by atomic mass is 9.86. The van der Waals surface area contributed by atoms with Crippen LogP contribution in [0.4, 0.5) is 0 Å². The van der Waals surface area contributed by atoms with Crippen LogP contribution in [0.1, 0.15) is 56.8 Å². The van der Waals surface area contributed by atoms with E-state index in [-0.39, 0.29) is 18.1 Å². The molecule has 0 spiro atoms. The second-order valence-corrected chi connectivity index (χ2v) is 6.87. The van der Waals surface area contributed by atoms with E-state index >= 15 is 0 Å². The Morgan fingerprint density at radius 2 is 1.86 bits per heavy atom. The van der Waals surface area contributed by atoms with Gasteiger partial charge in [0.1, 0.15) is 6.17 Å². The molecule has 3 heteroatoms. The lowest BCUT2D eigenvalue weighted by Gasteiger charge is -2.37. The minimum atomic E-state index is -0.0754. The van der Waals surface area contributed by atoms with Crippen molar-refractivity contribution in [2.45, 2.75) is 64.7 Å². The molecular formula is C18H26N2O. The fraction of sp³-hybridized carbons (Fsp3) is 0.611. The number of carbonyl (C=O) groups is 1. The molecule has 4 atom stereocenters. The zero-order chi connectivity index (χ0) is 15.0. The van der Waals surface area contributed by atoms with Crippen molar-refractivity contribution in [2.24, 2.45) is 5.92 Å². The molecular weight excluding hydrogens is 260 g/mol. The van der Waals surface area contributed by atoms with E-state index in [0.717, 1.165) is 18.8 Å². The quantitative estimate of drug-likeness (QED) is 0.904. The Kier molecular flexibility index (Phi) is 4.03. The number of nitrogens with zero attached hydrogens (tertiary/aromatic N) is 1. The summed E-state index contributed by atoms with van der Waals surface area (Å²) in [5.74, 6) is 0.991. The Morgan fingerprint density at radius 1 is 1.14 bits per heavy atom. The number of rotatable bonds is 2. The van der Waals surface area contributed by atoms with E-state index in [1.807, 2.05) is 6.92 Å². The summed E-state index contributed by atoms with van der Waals surface area (Å²) in [6.07, 6.45) is 4.87. The third kappa shape index (κ3) is 2.84. The number of aryl methyl sites for hydroxylation is 1. The molecule has 0 radical (unpaired) electrons. The highest BCUT2D eigenvalue weighted by atomic mass is 16.2. The zero-order valence-corrected chi connectivity index (χ0v) is 13.3. The average Bonchev–Trinajstić information content (AvgIpc) is 2.76. The third-order valence-corrected chi connectivity index (χ3v) is 5.01. The van der Waals surface area contributed by atoms with E-state index in [0.29, 0.717) is 6.04 Å². The number of benzene rings is 1. The fourth-order valence-electron chi connectivity index (χ4n) is 3.79. The molecule has 114 valence electrons. The Labute approximate surface area is 127 Å². The maximum Gasteiger partial charge on any atom is 0.241 e. The Morgan fingerprint density at radius 3 is 2.52 bits per heavy atom. The lowest BCUT2D eigenvalue weighted by Crippen LogP contribution is -2.42. The van der Waals surface area contributed by atoms with Crippen molar-refractivity contribution in [3.8, 4) is 0 Å². The number of hydrogen-bond acceptors (Lipinski definition) is 2. The molecule has 2 fully saturated rings. The van der Waals surface area contributed by atoms with Crippen molar-refractivity contribution in [3.63, 3.8) is 0 Å². The van der Waals surface area contributed by atoms with Crippen LogP contribution in [0.2, 0.25) is 0 Å². The molecule has 1 aliphatic heterocycles. The first-order chi connectivity index (χ1) is 10.1. The van der Waals surface area contributed by atoms with Gasteiger partial charge in [0.05, 0.1) is 6.04 Å². The molecule has 0 aromatic heterocycles. The molecule has 0 bridgehead atoms. The molecule has 4 unspecified atom stereocenters. The summed E-state index contributed by atoms with van der Waals surface area (Å²) in [7, 11) is 0. The maximum absolute atomic E-state index is 12.6. The van der Waals surface area contributed by atoms with E-state index in [4.69, 9.17) is 0 Å². The number of nitrogens with one attached hydrogen (secondary N) is 1. The maximum atomic E-state index is 12.6. The predicted octanol–water partition coefficient (Wildman–Crippen LogP) is 3.39. The van der Waals surface area contributed by atoms with Gasteiger partial charge in [-0.25, -0.2) is 0 Å². The second-order valence-electron chi connectivity index (χ2n) is 6.87. The van der Waals surface area contributed by atoms with Gasteiger partial charge < -0.3 is 4.90 Å². The molecule has 1 aliphatic carbocycles. The van der Waals surface area contributed by atoms with E-state index in [2.05, 4.69) is 48.3 Å². The van der Waals surface area contributed by atoms with Crippen molar-refractivity contribution < 1.29 is 4.79 Å². The monoisotopic (exact) mass is 286 g/mol. The molecule has 1 heterocycles. The first kappa shape index (κ1) is 14.6. The molecule has 1 aromatic rings. The van der Waals surface area contributed by atoms with Gasteiger partial charge in [0, 0.05) is 6.04 Å². The van der Waals surface area contributed by atoms with Crippen LogP contribution in [0.15, 0.2) is 24.3 Å². The predicted molar refractivity (Wildman–Crippen MR) is 84.8 cm³/mol. The summed E-state index contributed by atoms with van der Waals surface area (Å²) in [5.41, 5.74) is 2.46. The summed E-state index contributed by atoms with van der Waals surface area (Å²) in [5, 5.41) is 3.48. The summed E-state index contributed by atoms with van der Waals surface area (Å²) < 4.78 is 0. The van der Waals surface area contributed by atoms with Crippen molar-refractivity contribution in [2.75, 3.05) is 0 Å². The van der Waals surface area contributed by atoms with Gasteiger partial charge in [0.25, 0.3) is 0 Å². The Hall–Kier alpha value is -1.35. The Bertz CT molecular complexity index is 510.